The van der Waals surface area contributed by atoms with Gasteiger partial charge in [0.25, 0.3) is 5.91 Å². The number of nitrogens with zero attached hydrogens (tertiary/aromatic N) is 1. The number of nitrogens with one attached hydrogen (secondary N) is 1. The maximum absolute atomic E-state index is 12.1. The van der Waals surface area contributed by atoms with Crippen molar-refractivity contribution in [2.75, 3.05) is 7.11 Å². The van der Waals surface area contributed by atoms with Crippen LogP contribution in [0.25, 0.3) is 10.8 Å². The monoisotopic (exact) mass is 334 g/mol. The summed E-state index contributed by atoms with van der Waals surface area (Å²) in [7, 11) is 1.64. The summed E-state index contributed by atoms with van der Waals surface area (Å²) in [5.74, 6) is 0.475. The van der Waals surface area contributed by atoms with E-state index in [1.165, 1.54) is 12.1 Å². The summed E-state index contributed by atoms with van der Waals surface area (Å²) in [6, 6.07) is 17.9. The van der Waals surface area contributed by atoms with Crippen LogP contribution < -0.4 is 10.2 Å². The highest BCUT2D eigenvalue weighted by molar-refractivity contribution is 6.03. The molecule has 3 aromatic rings. The molecule has 1 amide bonds. The van der Waals surface area contributed by atoms with Crippen LogP contribution in [0.4, 0.5) is 0 Å². The molecule has 0 aliphatic heterocycles. The lowest BCUT2D eigenvalue weighted by Gasteiger charge is -2.06. The number of phenolic OH excluding ortho intramolecular Hbond substituents is 1. The van der Waals surface area contributed by atoms with Gasteiger partial charge in [-0.05, 0) is 59.7 Å². The second kappa shape index (κ2) is 7.05. The summed E-state index contributed by atoms with van der Waals surface area (Å²) in [6.45, 7) is 1.83. The molecule has 3 aromatic carbocycles. The molecule has 0 radical (unpaired) electrons. The van der Waals surface area contributed by atoms with E-state index >= 15 is 0 Å². The van der Waals surface area contributed by atoms with E-state index in [-0.39, 0.29) is 11.7 Å². The van der Waals surface area contributed by atoms with Crippen molar-refractivity contribution in [1.82, 2.24) is 5.43 Å². The highest BCUT2D eigenvalue weighted by Gasteiger charge is 2.06. The number of phenols is 1. The Labute approximate surface area is 145 Å². The van der Waals surface area contributed by atoms with Crippen LogP contribution in [0.15, 0.2) is 65.8 Å². The largest absolute Gasteiger partial charge is 0.508 e. The summed E-state index contributed by atoms with van der Waals surface area (Å²) < 4.78 is 5.23. The van der Waals surface area contributed by atoms with E-state index in [0.29, 0.717) is 11.3 Å². The maximum atomic E-state index is 12.1. The minimum Gasteiger partial charge on any atom is -0.508 e. The molecule has 0 heterocycles. The summed E-state index contributed by atoms with van der Waals surface area (Å²) >= 11 is 0. The summed E-state index contributed by atoms with van der Waals surface area (Å²) in [4.78, 5) is 12.1. The lowest BCUT2D eigenvalue weighted by Crippen LogP contribution is -2.19. The molecule has 0 unspecified atom stereocenters. The van der Waals surface area contributed by atoms with Crippen LogP contribution in [-0.4, -0.2) is 23.8 Å². The van der Waals surface area contributed by atoms with Gasteiger partial charge in [-0.25, -0.2) is 5.43 Å². The first kappa shape index (κ1) is 16.5. The second-order valence-corrected chi connectivity index (χ2v) is 5.62. The molecule has 0 bridgehead atoms. The van der Waals surface area contributed by atoms with E-state index in [9.17, 15) is 9.90 Å². The lowest BCUT2D eigenvalue weighted by atomic mass is 10.0. The fraction of sp³-hybridized carbons (Fsp3) is 0.100. The molecular weight excluding hydrogens is 316 g/mol. The van der Waals surface area contributed by atoms with Crippen LogP contribution in [0.5, 0.6) is 11.5 Å². The molecule has 5 heteroatoms. The van der Waals surface area contributed by atoms with E-state index in [1.807, 2.05) is 43.3 Å². The Morgan fingerprint density at radius 2 is 1.76 bits per heavy atom. The van der Waals surface area contributed by atoms with Crippen LogP contribution in [0.2, 0.25) is 0 Å². The van der Waals surface area contributed by atoms with Crippen LogP contribution in [0.3, 0.4) is 0 Å². The third kappa shape index (κ3) is 3.77. The van der Waals surface area contributed by atoms with Crippen molar-refractivity contribution in [1.29, 1.82) is 0 Å². The lowest BCUT2D eigenvalue weighted by molar-refractivity contribution is 0.0954. The molecule has 0 aromatic heterocycles. The zero-order valence-corrected chi connectivity index (χ0v) is 14.0. The van der Waals surface area contributed by atoms with Gasteiger partial charge in [-0.2, -0.15) is 5.10 Å². The van der Waals surface area contributed by atoms with Gasteiger partial charge >= 0.3 is 0 Å². The Morgan fingerprint density at radius 3 is 2.52 bits per heavy atom. The maximum Gasteiger partial charge on any atom is 0.271 e. The fourth-order valence-electron chi connectivity index (χ4n) is 2.49. The third-order valence-corrected chi connectivity index (χ3v) is 3.90. The highest BCUT2D eigenvalue weighted by atomic mass is 16.5. The van der Waals surface area contributed by atoms with Crippen molar-refractivity contribution in [2.24, 2.45) is 5.10 Å². The van der Waals surface area contributed by atoms with E-state index in [2.05, 4.69) is 10.5 Å². The van der Waals surface area contributed by atoms with Gasteiger partial charge in [0.05, 0.1) is 12.8 Å². The van der Waals surface area contributed by atoms with Crippen LogP contribution in [0.1, 0.15) is 22.8 Å². The average molecular weight is 334 g/mol. The normalized spacial score (nSPS) is 11.4. The van der Waals surface area contributed by atoms with Crippen LogP contribution in [-0.2, 0) is 0 Å². The number of carbonyl (C=O) groups is 1. The molecule has 0 aliphatic rings. The van der Waals surface area contributed by atoms with Gasteiger partial charge in [0.2, 0.25) is 0 Å². The number of fused-ring (bicyclic) bond motifs is 1. The number of hydrogen-bond donors (Lipinski definition) is 2. The molecule has 2 N–H and O–H groups in total. The van der Waals surface area contributed by atoms with Gasteiger partial charge in [-0.1, -0.05) is 24.3 Å². The number of aromatic hydroxyl groups is 1. The molecule has 0 aliphatic carbocycles. The molecule has 126 valence electrons. The topological polar surface area (TPSA) is 70.9 Å². The molecular formula is C20H18N2O3. The second-order valence-electron chi connectivity index (χ2n) is 5.62. The number of methoxy groups -OCH3 is 1. The molecule has 0 saturated carbocycles. The predicted molar refractivity (Wildman–Crippen MR) is 98.3 cm³/mol. The molecule has 0 saturated heterocycles. The Balaban J connectivity index is 1.80. The highest BCUT2D eigenvalue weighted by Crippen LogP contribution is 2.22. The number of ether oxygens (including phenoxy) is 1. The van der Waals surface area contributed by atoms with Crippen molar-refractivity contribution in [3.63, 3.8) is 0 Å². The first-order chi connectivity index (χ1) is 12.1. The Morgan fingerprint density at radius 1 is 1.00 bits per heavy atom. The first-order valence-corrected chi connectivity index (χ1v) is 7.78. The number of carbonyl (C=O) groups excluding carboxylic acids is 1. The minimum atomic E-state index is -0.374. The molecule has 5 nitrogen and oxygen atoms in total. The predicted octanol–water partition coefficient (Wildman–Crippen LogP) is 3.71. The fourth-order valence-corrected chi connectivity index (χ4v) is 2.49. The summed E-state index contributed by atoms with van der Waals surface area (Å²) in [5, 5.41) is 15.7. The molecule has 0 fully saturated rings. The van der Waals surface area contributed by atoms with Crippen LogP contribution >= 0.6 is 0 Å². The zero-order valence-electron chi connectivity index (χ0n) is 14.0. The van der Waals surface area contributed by atoms with E-state index < -0.39 is 0 Å². The molecule has 0 atom stereocenters. The first-order valence-electron chi connectivity index (χ1n) is 7.78. The molecule has 25 heavy (non-hydrogen) atoms. The van der Waals surface area contributed by atoms with Crippen molar-refractivity contribution >= 4 is 22.4 Å². The van der Waals surface area contributed by atoms with Crippen molar-refractivity contribution in [3.05, 3.63) is 71.8 Å². The SMILES string of the molecule is COc1ccc2cc(/C(C)=N/NC(=O)c3cccc(O)c3)ccc2c1. The van der Waals surface area contributed by atoms with E-state index in [4.69, 9.17) is 4.74 Å². The molecule has 0 spiro atoms. The molecule has 3 rings (SSSR count). The van der Waals surface area contributed by atoms with Gasteiger partial charge in [0.1, 0.15) is 11.5 Å². The quantitative estimate of drug-likeness (QED) is 0.564. The number of rotatable bonds is 4. The number of hydrogen-bond acceptors (Lipinski definition) is 4. The zero-order chi connectivity index (χ0) is 17.8. The van der Waals surface area contributed by atoms with Gasteiger partial charge in [0, 0.05) is 5.56 Å². The Kier molecular flexibility index (Phi) is 4.66. The number of hydrazone groups is 1. The average Bonchev–Trinajstić information content (AvgIpc) is 2.64. The van der Waals surface area contributed by atoms with E-state index in [1.54, 1.807) is 19.2 Å². The van der Waals surface area contributed by atoms with Crippen molar-refractivity contribution in [2.45, 2.75) is 6.92 Å². The standard InChI is InChI=1S/C20H18N2O3/c1-13(21-22-20(24)17-4-3-5-18(23)11-17)14-6-7-16-12-19(25-2)9-8-15(16)10-14/h3-12,23H,1-2H3,(H,22,24)/b21-13+. The van der Waals surface area contributed by atoms with Crippen molar-refractivity contribution in [3.8, 4) is 11.5 Å². The van der Waals surface area contributed by atoms with Crippen molar-refractivity contribution < 1.29 is 14.6 Å². The third-order valence-electron chi connectivity index (χ3n) is 3.90. The Hall–Kier alpha value is -3.34. The Bertz CT molecular complexity index is 964. The number of benzene rings is 3. The summed E-state index contributed by atoms with van der Waals surface area (Å²) in [6.07, 6.45) is 0. The summed E-state index contributed by atoms with van der Waals surface area (Å²) in [5.41, 5.74) is 4.46. The van der Waals surface area contributed by atoms with Crippen LogP contribution in [0, 0.1) is 0 Å². The van der Waals surface area contributed by atoms with Gasteiger partial charge in [0.15, 0.2) is 0 Å². The number of amides is 1. The smallest absolute Gasteiger partial charge is 0.271 e. The van der Waals surface area contributed by atoms with Gasteiger partial charge in [-0.15, -0.1) is 0 Å². The minimum absolute atomic E-state index is 0.0401. The van der Waals surface area contributed by atoms with E-state index in [0.717, 1.165) is 22.1 Å². The van der Waals surface area contributed by atoms with Gasteiger partial charge < -0.3 is 9.84 Å². The van der Waals surface area contributed by atoms with Gasteiger partial charge in [-0.3, -0.25) is 4.79 Å².